The van der Waals surface area contributed by atoms with Gasteiger partial charge in [-0.15, -0.1) is 0 Å². The predicted octanol–water partition coefficient (Wildman–Crippen LogP) is 2.85. The molecule has 102 valence electrons. The highest BCUT2D eigenvalue weighted by Gasteiger charge is 1.96. The second kappa shape index (κ2) is 13.5. The van der Waals surface area contributed by atoms with Crippen molar-refractivity contribution in [3.63, 3.8) is 0 Å². The molecule has 0 unspecified atom stereocenters. The van der Waals surface area contributed by atoms with Gasteiger partial charge in [-0.1, -0.05) is 51.9 Å². The Hall–Kier alpha value is -0.570. The van der Waals surface area contributed by atoms with Crippen LogP contribution < -0.4 is 10.6 Å². The fraction of sp³-hybridized carbons (Fsp3) is 0.929. The van der Waals surface area contributed by atoms with Gasteiger partial charge in [-0.3, -0.25) is 4.79 Å². The summed E-state index contributed by atoms with van der Waals surface area (Å²) in [6.07, 6.45) is 11.4. The van der Waals surface area contributed by atoms with Gasteiger partial charge in [0.15, 0.2) is 0 Å². The first-order valence-electron chi connectivity index (χ1n) is 7.22. The van der Waals surface area contributed by atoms with Crippen LogP contribution in [0.4, 0.5) is 0 Å². The molecule has 0 rings (SSSR count). The minimum Gasteiger partial charge on any atom is -0.359 e. The Labute approximate surface area is 107 Å². The van der Waals surface area contributed by atoms with Crippen molar-refractivity contribution in [2.45, 2.75) is 64.7 Å². The van der Waals surface area contributed by atoms with Gasteiger partial charge in [0.05, 0.1) is 0 Å². The Kier molecular flexibility index (Phi) is 13.0. The number of carbonyl (C=O) groups is 1. The van der Waals surface area contributed by atoms with E-state index >= 15 is 0 Å². The molecule has 0 heterocycles. The van der Waals surface area contributed by atoms with Gasteiger partial charge in [-0.25, -0.2) is 0 Å². The molecule has 0 saturated carbocycles. The van der Waals surface area contributed by atoms with Crippen molar-refractivity contribution in [2.75, 3.05) is 20.1 Å². The van der Waals surface area contributed by atoms with E-state index in [0.717, 1.165) is 13.1 Å². The van der Waals surface area contributed by atoms with Crippen LogP contribution in [0.25, 0.3) is 0 Å². The molecule has 0 aromatic carbocycles. The fourth-order valence-electron chi connectivity index (χ4n) is 1.84. The lowest BCUT2D eigenvalue weighted by atomic mass is 10.1. The molecular weight excluding hydrogens is 212 g/mol. The molecule has 0 bridgehead atoms. The first-order valence-corrected chi connectivity index (χ1v) is 7.22. The third-order valence-electron chi connectivity index (χ3n) is 3.01. The fourth-order valence-corrected chi connectivity index (χ4v) is 1.84. The standard InChI is InChI=1S/C14H30N2O/c1-3-4-5-6-7-8-9-10-12-16-13-11-14(17)15-2/h16H,3-13H2,1-2H3,(H,15,17). The van der Waals surface area contributed by atoms with Gasteiger partial charge in [0, 0.05) is 20.0 Å². The molecule has 0 aliphatic carbocycles. The smallest absolute Gasteiger partial charge is 0.221 e. The second-order valence-corrected chi connectivity index (χ2v) is 4.65. The van der Waals surface area contributed by atoms with E-state index in [-0.39, 0.29) is 5.91 Å². The molecule has 0 radical (unpaired) electrons. The lowest BCUT2D eigenvalue weighted by molar-refractivity contribution is -0.120. The highest BCUT2D eigenvalue weighted by atomic mass is 16.1. The summed E-state index contributed by atoms with van der Waals surface area (Å²) in [5, 5.41) is 5.92. The summed E-state index contributed by atoms with van der Waals surface area (Å²) in [5.74, 6) is 0.119. The molecule has 0 aromatic rings. The average Bonchev–Trinajstić information content (AvgIpc) is 2.35. The average molecular weight is 242 g/mol. The van der Waals surface area contributed by atoms with E-state index in [2.05, 4.69) is 17.6 Å². The summed E-state index contributed by atoms with van der Waals surface area (Å²) in [4.78, 5) is 10.9. The molecule has 2 N–H and O–H groups in total. The summed E-state index contributed by atoms with van der Waals surface area (Å²) >= 11 is 0. The number of rotatable bonds is 12. The van der Waals surface area contributed by atoms with Gasteiger partial charge in [0.1, 0.15) is 0 Å². The van der Waals surface area contributed by atoms with Crippen molar-refractivity contribution in [1.82, 2.24) is 10.6 Å². The Morgan fingerprint density at radius 3 is 2.06 bits per heavy atom. The molecule has 0 fully saturated rings. The van der Waals surface area contributed by atoms with Gasteiger partial charge in [0.2, 0.25) is 5.91 Å². The lowest BCUT2D eigenvalue weighted by Gasteiger charge is -2.04. The highest BCUT2D eigenvalue weighted by Crippen LogP contribution is 2.07. The SMILES string of the molecule is CCCCCCCCCCNCCC(=O)NC. The minimum absolute atomic E-state index is 0.119. The molecule has 0 spiro atoms. The zero-order valence-electron chi connectivity index (χ0n) is 11.7. The molecular formula is C14H30N2O. The summed E-state index contributed by atoms with van der Waals surface area (Å²) in [7, 11) is 1.68. The predicted molar refractivity (Wildman–Crippen MR) is 74.2 cm³/mol. The van der Waals surface area contributed by atoms with Gasteiger partial charge < -0.3 is 10.6 Å². The van der Waals surface area contributed by atoms with E-state index < -0.39 is 0 Å². The van der Waals surface area contributed by atoms with Crippen LogP contribution in [0.3, 0.4) is 0 Å². The third kappa shape index (κ3) is 13.4. The van der Waals surface area contributed by atoms with Gasteiger partial charge in [-0.2, -0.15) is 0 Å². The van der Waals surface area contributed by atoms with Gasteiger partial charge in [0.25, 0.3) is 0 Å². The maximum Gasteiger partial charge on any atom is 0.221 e. The van der Waals surface area contributed by atoms with Crippen LogP contribution in [0.1, 0.15) is 64.7 Å². The second-order valence-electron chi connectivity index (χ2n) is 4.65. The van der Waals surface area contributed by atoms with Crippen LogP contribution in [0.2, 0.25) is 0 Å². The van der Waals surface area contributed by atoms with Gasteiger partial charge in [-0.05, 0) is 13.0 Å². The molecule has 3 heteroatoms. The van der Waals surface area contributed by atoms with Crippen LogP contribution >= 0.6 is 0 Å². The van der Waals surface area contributed by atoms with E-state index in [0.29, 0.717) is 6.42 Å². The van der Waals surface area contributed by atoms with E-state index in [9.17, 15) is 4.79 Å². The van der Waals surface area contributed by atoms with Crippen LogP contribution in [0.5, 0.6) is 0 Å². The topological polar surface area (TPSA) is 41.1 Å². The number of hydrogen-bond donors (Lipinski definition) is 2. The molecule has 0 saturated heterocycles. The maximum atomic E-state index is 10.9. The number of unbranched alkanes of at least 4 members (excludes halogenated alkanes) is 7. The summed E-state index contributed by atoms with van der Waals surface area (Å²) < 4.78 is 0. The zero-order valence-corrected chi connectivity index (χ0v) is 11.7. The van der Waals surface area contributed by atoms with Crippen molar-refractivity contribution >= 4 is 5.91 Å². The van der Waals surface area contributed by atoms with Crippen molar-refractivity contribution < 1.29 is 4.79 Å². The molecule has 1 amide bonds. The molecule has 3 nitrogen and oxygen atoms in total. The van der Waals surface area contributed by atoms with E-state index in [1.807, 2.05) is 0 Å². The number of nitrogens with one attached hydrogen (secondary N) is 2. The molecule has 0 aliphatic heterocycles. The lowest BCUT2D eigenvalue weighted by Crippen LogP contribution is -2.25. The normalized spacial score (nSPS) is 10.5. The van der Waals surface area contributed by atoms with Crippen LogP contribution in [0.15, 0.2) is 0 Å². The van der Waals surface area contributed by atoms with Crippen molar-refractivity contribution in [1.29, 1.82) is 0 Å². The number of hydrogen-bond acceptors (Lipinski definition) is 2. The largest absolute Gasteiger partial charge is 0.359 e. The van der Waals surface area contributed by atoms with Crippen molar-refractivity contribution in [2.24, 2.45) is 0 Å². The molecule has 0 aromatic heterocycles. The Bertz CT molecular complexity index is 172. The molecule has 0 atom stereocenters. The Morgan fingerprint density at radius 2 is 1.47 bits per heavy atom. The first kappa shape index (κ1) is 16.4. The molecule has 17 heavy (non-hydrogen) atoms. The zero-order chi connectivity index (χ0) is 12.8. The number of amides is 1. The summed E-state index contributed by atoms with van der Waals surface area (Å²) in [6, 6.07) is 0. The number of carbonyl (C=O) groups excluding carboxylic acids is 1. The van der Waals surface area contributed by atoms with E-state index in [1.54, 1.807) is 7.05 Å². The van der Waals surface area contributed by atoms with Crippen LogP contribution in [-0.4, -0.2) is 26.0 Å². The first-order chi connectivity index (χ1) is 8.31. The Balaban J connectivity index is 2.96. The van der Waals surface area contributed by atoms with Crippen molar-refractivity contribution in [3.05, 3.63) is 0 Å². The Morgan fingerprint density at radius 1 is 0.882 bits per heavy atom. The maximum absolute atomic E-state index is 10.9. The van der Waals surface area contributed by atoms with Crippen molar-refractivity contribution in [3.8, 4) is 0 Å². The third-order valence-corrected chi connectivity index (χ3v) is 3.01. The van der Waals surface area contributed by atoms with Crippen LogP contribution in [0, 0.1) is 0 Å². The molecule has 0 aliphatic rings. The highest BCUT2D eigenvalue weighted by molar-refractivity contribution is 5.75. The van der Waals surface area contributed by atoms with Crippen LogP contribution in [-0.2, 0) is 4.79 Å². The van der Waals surface area contributed by atoms with Gasteiger partial charge >= 0.3 is 0 Å². The van der Waals surface area contributed by atoms with E-state index in [4.69, 9.17) is 0 Å². The summed E-state index contributed by atoms with van der Waals surface area (Å²) in [5.41, 5.74) is 0. The summed E-state index contributed by atoms with van der Waals surface area (Å²) in [6.45, 7) is 4.10. The monoisotopic (exact) mass is 242 g/mol. The minimum atomic E-state index is 0.119. The quantitative estimate of drug-likeness (QED) is 0.517. The van der Waals surface area contributed by atoms with E-state index in [1.165, 1.54) is 51.4 Å².